The first kappa shape index (κ1) is 14.0. The summed E-state index contributed by atoms with van der Waals surface area (Å²) in [5.41, 5.74) is 7.09. The van der Waals surface area contributed by atoms with Gasteiger partial charge in [0.1, 0.15) is 6.04 Å². The summed E-state index contributed by atoms with van der Waals surface area (Å²) in [4.78, 5) is 14.8. The van der Waals surface area contributed by atoms with E-state index in [0.29, 0.717) is 0 Å². The van der Waals surface area contributed by atoms with Crippen LogP contribution < -0.4 is 5.73 Å². The number of hydrogen-bond acceptors (Lipinski definition) is 3. The SMILES string of the molecule is Cl.NC(Cc1ccc(Br)c2nccn12)C(=O)O. The van der Waals surface area contributed by atoms with E-state index in [4.69, 9.17) is 10.8 Å². The number of carboxylic acid groups (broad SMARTS) is 1. The van der Waals surface area contributed by atoms with Crippen LogP contribution in [0.2, 0.25) is 0 Å². The van der Waals surface area contributed by atoms with Gasteiger partial charge >= 0.3 is 5.97 Å². The summed E-state index contributed by atoms with van der Waals surface area (Å²) in [5.74, 6) is -1.00. The maximum Gasteiger partial charge on any atom is 0.320 e. The van der Waals surface area contributed by atoms with Crippen LogP contribution in [-0.2, 0) is 11.2 Å². The lowest BCUT2D eigenvalue weighted by Gasteiger charge is -2.09. The van der Waals surface area contributed by atoms with E-state index >= 15 is 0 Å². The molecule has 2 aromatic heterocycles. The molecule has 0 amide bonds. The Kier molecular flexibility index (Phi) is 4.50. The highest BCUT2D eigenvalue weighted by atomic mass is 79.9. The van der Waals surface area contributed by atoms with Gasteiger partial charge in [0.2, 0.25) is 0 Å². The number of hydrogen-bond donors (Lipinski definition) is 2. The van der Waals surface area contributed by atoms with Crippen LogP contribution in [0.3, 0.4) is 0 Å². The first-order valence-corrected chi connectivity index (χ1v) is 5.47. The van der Waals surface area contributed by atoms with Crippen molar-refractivity contribution >= 4 is 40.0 Å². The molecule has 0 aliphatic rings. The van der Waals surface area contributed by atoms with Crippen LogP contribution in [0.25, 0.3) is 5.65 Å². The van der Waals surface area contributed by atoms with E-state index in [2.05, 4.69) is 20.9 Å². The van der Waals surface area contributed by atoms with Crippen molar-refractivity contribution in [2.45, 2.75) is 12.5 Å². The standard InChI is InChI=1S/C10H10BrN3O2.ClH/c11-7-2-1-6(5-8(12)10(15)16)14-4-3-13-9(7)14;/h1-4,8H,5,12H2,(H,15,16);1H. The molecule has 0 bridgehead atoms. The van der Waals surface area contributed by atoms with E-state index in [0.717, 1.165) is 15.8 Å². The van der Waals surface area contributed by atoms with E-state index < -0.39 is 12.0 Å². The largest absolute Gasteiger partial charge is 0.480 e. The molecule has 2 heterocycles. The molecule has 17 heavy (non-hydrogen) atoms. The summed E-state index contributed by atoms with van der Waals surface area (Å²) in [7, 11) is 0. The second-order valence-electron chi connectivity index (χ2n) is 3.44. The molecule has 0 radical (unpaired) electrons. The summed E-state index contributed by atoms with van der Waals surface area (Å²) < 4.78 is 2.69. The van der Waals surface area contributed by atoms with Crippen molar-refractivity contribution in [2.75, 3.05) is 0 Å². The van der Waals surface area contributed by atoms with Crippen molar-refractivity contribution < 1.29 is 9.90 Å². The third kappa shape index (κ3) is 2.77. The third-order valence-corrected chi connectivity index (χ3v) is 2.95. The van der Waals surface area contributed by atoms with Gasteiger partial charge in [-0.25, -0.2) is 4.98 Å². The molecule has 7 heteroatoms. The Morgan fingerprint density at radius 2 is 2.29 bits per heavy atom. The van der Waals surface area contributed by atoms with Crippen LogP contribution in [0.15, 0.2) is 29.0 Å². The molecule has 3 N–H and O–H groups in total. The van der Waals surface area contributed by atoms with Crippen molar-refractivity contribution in [1.29, 1.82) is 0 Å². The number of fused-ring (bicyclic) bond motifs is 1. The number of aromatic nitrogens is 2. The number of imidazole rings is 1. The molecular weight excluding hydrogens is 309 g/mol. The number of rotatable bonds is 3. The van der Waals surface area contributed by atoms with Gasteiger partial charge in [-0.1, -0.05) is 0 Å². The third-order valence-electron chi connectivity index (χ3n) is 2.33. The van der Waals surface area contributed by atoms with Crippen molar-refractivity contribution in [3.05, 3.63) is 34.7 Å². The monoisotopic (exact) mass is 319 g/mol. The highest BCUT2D eigenvalue weighted by molar-refractivity contribution is 9.10. The average molecular weight is 321 g/mol. The van der Waals surface area contributed by atoms with Crippen LogP contribution >= 0.6 is 28.3 Å². The molecule has 0 fully saturated rings. The quantitative estimate of drug-likeness (QED) is 0.897. The number of nitrogens with two attached hydrogens (primary N) is 1. The number of halogens is 2. The molecule has 5 nitrogen and oxygen atoms in total. The maximum absolute atomic E-state index is 10.7. The number of carboxylic acids is 1. The molecule has 1 atom stereocenters. The van der Waals surface area contributed by atoms with Gasteiger partial charge in [-0.3, -0.25) is 4.79 Å². The molecule has 92 valence electrons. The number of nitrogens with zero attached hydrogens (tertiary/aromatic N) is 2. The Bertz CT molecular complexity index is 543. The summed E-state index contributed by atoms with van der Waals surface area (Å²) in [6.45, 7) is 0. The topological polar surface area (TPSA) is 80.6 Å². The van der Waals surface area contributed by atoms with Gasteiger partial charge in [-0.15, -0.1) is 12.4 Å². The van der Waals surface area contributed by atoms with Gasteiger partial charge in [-0.05, 0) is 28.1 Å². The van der Waals surface area contributed by atoms with E-state index in [1.54, 1.807) is 12.4 Å². The molecule has 0 aliphatic heterocycles. The smallest absolute Gasteiger partial charge is 0.320 e. The number of aliphatic carboxylic acids is 1. The zero-order chi connectivity index (χ0) is 11.7. The molecule has 0 saturated carbocycles. The lowest BCUT2D eigenvalue weighted by atomic mass is 10.1. The lowest BCUT2D eigenvalue weighted by molar-refractivity contribution is -0.138. The molecule has 0 saturated heterocycles. The minimum absolute atomic E-state index is 0. The fourth-order valence-electron chi connectivity index (χ4n) is 1.52. The van der Waals surface area contributed by atoms with Crippen molar-refractivity contribution in [3.63, 3.8) is 0 Å². The summed E-state index contributed by atoms with van der Waals surface area (Å²) >= 11 is 3.37. The van der Waals surface area contributed by atoms with Gasteiger partial charge in [0, 0.05) is 24.5 Å². The Morgan fingerprint density at radius 1 is 1.59 bits per heavy atom. The Hall–Kier alpha value is -1.11. The molecule has 2 aromatic rings. The molecule has 0 aliphatic carbocycles. The first-order valence-electron chi connectivity index (χ1n) is 4.68. The summed E-state index contributed by atoms with van der Waals surface area (Å²) in [6.07, 6.45) is 3.72. The van der Waals surface area contributed by atoms with E-state index in [1.807, 2.05) is 16.5 Å². The fourth-order valence-corrected chi connectivity index (χ4v) is 1.94. The van der Waals surface area contributed by atoms with Crippen molar-refractivity contribution in [2.24, 2.45) is 5.73 Å². The lowest BCUT2D eigenvalue weighted by Crippen LogP contribution is -2.32. The summed E-state index contributed by atoms with van der Waals surface area (Å²) in [5, 5.41) is 8.76. The molecule has 2 rings (SSSR count). The van der Waals surface area contributed by atoms with Gasteiger partial charge in [0.05, 0.1) is 4.47 Å². The normalized spacial score (nSPS) is 12.1. The van der Waals surface area contributed by atoms with Crippen molar-refractivity contribution in [1.82, 2.24) is 9.38 Å². The van der Waals surface area contributed by atoms with Gasteiger partial charge in [-0.2, -0.15) is 0 Å². The molecule has 0 spiro atoms. The minimum atomic E-state index is -1.00. The van der Waals surface area contributed by atoms with E-state index in [9.17, 15) is 4.79 Å². The minimum Gasteiger partial charge on any atom is -0.480 e. The van der Waals surface area contributed by atoms with Crippen LogP contribution in [-0.4, -0.2) is 26.5 Å². The highest BCUT2D eigenvalue weighted by Crippen LogP contribution is 2.18. The molecule has 0 aromatic carbocycles. The molecular formula is C10H11BrClN3O2. The van der Waals surface area contributed by atoms with E-state index in [-0.39, 0.29) is 18.8 Å². The van der Waals surface area contributed by atoms with Gasteiger partial charge < -0.3 is 15.2 Å². The zero-order valence-electron chi connectivity index (χ0n) is 8.71. The fraction of sp³-hybridized carbons (Fsp3) is 0.200. The first-order chi connectivity index (χ1) is 7.59. The second-order valence-corrected chi connectivity index (χ2v) is 4.30. The summed E-state index contributed by atoms with van der Waals surface area (Å²) in [6, 6.07) is 2.78. The number of carbonyl (C=O) groups is 1. The van der Waals surface area contributed by atoms with Crippen LogP contribution in [0, 0.1) is 0 Å². The van der Waals surface area contributed by atoms with Crippen LogP contribution in [0.5, 0.6) is 0 Å². The molecule has 1 unspecified atom stereocenters. The Labute approximate surface area is 112 Å². The van der Waals surface area contributed by atoms with Gasteiger partial charge in [0.15, 0.2) is 5.65 Å². The van der Waals surface area contributed by atoms with Gasteiger partial charge in [0.25, 0.3) is 0 Å². The second kappa shape index (κ2) is 5.48. The number of pyridine rings is 1. The predicted octanol–water partition coefficient (Wildman–Crippen LogP) is 1.47. The Morgan fingerprint density at radius 3 is 2.94 bits per heavy atom. The maximum atomic E-state index is 10.7. The van der Waals surface area contributed by atoms with Crippen LogP contribution in [0.4, 0.5) is 0 Å². The predicted molar refractivity (Wildman–Crippen MR) is 69.5 cm³/mol. The highest BCUT2D eigenvalue weighted by Gasteiger charge is 2.14. The van der Waals surface area contributed by atoms with Crippen LogP contribution in [0.1, 0.15) is 5.69 Å². The van der Waals surface area contributed by atoms with E-state index in [1.165, 1.54) is 0 Å². The van der Waals surface area contributed by atoms with Crippen molar-refractivity contribution in [3.8, 4) is 0 Å². The Balaban J connectivity index is 0.00000144. The average Bonchev–Trinajstić information content (AvgIpc) is 2.71. The zero-order valence-corrected chi connectivity index (χ0v) is 11.1.